The van der Waals surface area contributed by atoms with Crippen LogP contribution >= 0.6 is 0 Å². The van der Waals surface area contributed by atoms with Gasteiger partial charge in [0.25, 0.3) is 0 Å². The minimum absolute atomic E-state index is 0.0452. The van der Waals surface area contributed by atoms with Crippen LogP contribution in [0.4, 0.5) is 16.2 Å². The number of quaternary nitrogens is 1. The number of hydrogen-bond donors (Lipinski definition) is 2. The second-order valence-corrected chi connectivity index (χ2v) is 14.4. The normalized spacial score (nSPS) is 15.2. The lowest BCUT2D eigenvalue weighted by molar-refractivity contribution is -0.572. The fourth-order valence-corrected chi connectivity index (χ4v) is 7.08. The van der Waals surface area contributed by atoms with E-state index in [1.54, 1.807) is 0 Å². The SMILES string of the molecule is CCC[NH2+]c1ccccc1C(C)(C)CC=CC=CC=CC=C1N(CCOC(=O)NCCCC(OCC)OCC)c2ccc3ccccc3c2C1(C)C. The Kier molecular flexibility index (Phi) is 15.7. The van der Waals surface area contributed by atoms with Gasteiger partial charge in [-0.3, -0.25) is 0 Å². The summed E-state index contributed by atoms with van der Waals surface area (Å²) in [6, 6.07) is 21.7. The number of nitrogens with zero attached hydrogens (tertiary/aromatic N) is 1. The average molecular weight is 709 g/mol. The Labute approximate surface area is 312 Å². The molecule has 0 unspecified atom stereocenters. The molecule has 7 nitrogen and oxygen atoms in total. The molecular weight excluding hydrogens is 647 g/mol. The molecule has 1 aliphatic rings. The number of ether oxygens (including phenoxy) is 3. The maximum absolute atomic E-state index is 12.6. The maximum Gasteiger partial charge on any atom is 0.407 e. The average Bonchev–Trinajstić information content (AvgIpc) is 3.35. The van der Waals surface area contributed by atoms with Crippen LogP contribution < -0.4 is 15.5 Å². The van der Waals surface area contributed by atoms with Crippen molar-refractivity contribution in [2.75, 3.05) is 44.4 Å². The van der Waals surface area contributed by atoms with E-state index in [2.05, 4.69) is 153 Å². The second kappa shape index (κ2) is 20.2. The van der Waals surface area contributed by atoms with E-state index in [0.29, 0.717) is 32.7 Å². The lowest BCUT2D eigenvalue weighted by Gasteiger charge is -2.27. The number of benzene rings is 3. The van der Waals surface area contributed by atoms with Crippen LogP contribution in [0, 0.1) is 0 Å². The summed E-state index contributed by atoms with van der Waals surface area (Å²) in [4.78, 5) is 14.9. The number of hydrogen-bond acceptors (Lipinski definition) is 5. The van der Waals surface area contributed by atoms with Gasteiger partial charge in [0.05, 0.1) is 13.1 Å². The molecule has 280 valence electrons. The van der Waals surface area contributed by atoms with Gasteiger partial charge in [-0.2, -0.15) is 0 Å². The van der Waals surface area contributed by atoms with E-state index < -0.39 is 6.09 Å². The van der Waals surface area contributed by atoms with Crippen molar-refractivity contribution in [3.05, 3.63) is 120 Å². The molecule has 0 atom stereocenters. The van der Waals surface area contributed by atoms with Crippen molar-refractivity contribution in [1.82, 2.24) is 5.32 Å². The molecule has 52 heavy (non-hydrogen) atoms. The van der Waals surface area contributed by atoms with Crippen LogP contribution in [0.2, 0.25) is 0 Å². The molecule has 0 saturated carbocycles. The number of fused-ring (bicyclic) bond motifs is 3. The number of carbonyl (C=O) groups excluding carboxylic acids is 1. The minimum atomic E-state index is -0.410. The van der Waals surface area contributed by atoms with Gasteiger partial charge in [-0.05, 0) is 73.1 Å². The second-order valence-electron chi connectivity index (χ2n) is 14.4. The van der Waals surface area contributed by atoms with Crippen LogP contribution in [-0.4, -0.2) is 51.8 Å². The molecule has 0 bridgehead atoms. The van der Waals surface area contributed by atoms with E-state index in [0.717, 1.165) is 31.5 Å². The monoisotopic (exact) mass is 708 g/mol. The zero-order chi connectivity index (χ0) is 37.4. The number of amides is 1. The molecule has 0 saturated heterocycles. The van der Waals surface area contributed by atoms with E-state index in [-0.39, 0.29) is 23.7 Å². The molecule has 0 spiro atoms. The number of rotatable bonds is 20. The number of alkyl carbamates (subject to hydrolysis) is 1. The van der Waals surface area contributed by atoms with E-state index in [1.165, 1.54) is 33.3 Å². The van der Waals surface area contributed by atoms with Gasteiger partial charge in [0.1, 0.15) is 12.3 Å². The van der Waals surface area contributed by atoms with Gasteiger partial charge >= 0.3 is 6.09 Å². The van der Waals surface area contributed by atoms with Crippen LogP contribution in [0.15, 0.2) is 109 Å². The van der Waals surface area contributed by atoms with Gasteiger partial charge in [-0.25, -0.2) is 4.79 Å². The molecule has 3 aromatic rings. The first-order chi connectivity index (χ1) is 25.1. The zero-order valence-electron chi connectivity index (χ0n) is 32.6. The predicted octanol–water partition coefficient (Wildman–Crippen LogP) is 9.37. The Hall–Kier alpha value is -4.17. The molecule has 1 heterocycles. The van der Waals surface area contributed by atoms with Gasteiger partial charge in [0, 0.05) is 48.5 Å². The van der Waals surface area contributed by atoms with Gasteiger partial charge < -0.3 is 29.7 Å². The van der Waals surface area contributed by atoms with E-state index in [9.17, 15) is 4.79 Å². The molecule has 0 fully saturated rings. The molecule has 0 radical (unpaired) electrons. The Morgan fingerprint density at radius 2 is 1.63 bits per heavy atom. The minimum Gasteiger partial charge on any atom is -0.448 e. The van der Waals surface area contributed by atoms with Crippen LogP contribution in [0.25, 0.3) is 10.8 Å². The summed E-state index contributed by atoms with van der Waals surface area (Å²) in [5.74, 6) is 0. The van der Waals surface area contributed by atoms with Crippen molar-refractivity contribution in [1.29, 1.82) is 0 Å². The quantitative estimate of drug-likeness (QED) is 0.0530. The summed E-state index contributed by atoms with van der Waals surface area (Å²) >= 11 is 0. The van der Waals surface area contributed by atoms with Crippen LogP contribution in [0.1, 0.15) is 85.3 Å². The highest BCUT2D eigenvalue weighted by Gasteiger charge is 2.41. The van der Waals surface area contributed by atoms with Crippen LogP contribution in [0.5, 0.6) is 0 Å². The van der Waals surface area contributed by atoms with Crippen molar-refractivity contribution in [3.63, 3.8) is 0 Å². The van der Waals surface area contributed by atoms with E-state index in [4.69, 9.17) is 14.2 Å². The third-order valence-corrected chi connectivity index (χ3v) is 9.70. The Morgan fingerprint density at radius 1 is 0.923 bits per heavy atom. The summed E-state index contributed by atoms with van der Waals surface area (Å²) < 4.78 is 16.9. The Morgan fingerprint density at radius 3 is 2.40 bits per heavy atom. The smallest absolute Gasteiger partial charge is 0.407 e. The zero-order valence-corrected chi connectivity index (χ0v) is 32.6. The highest BCUT2D eigenvalue weighted by atomic mass is 16.7. The van der Waals surface area contributed by atoms with Crippen LogP contribution in [0.3, 0.4) is 0 Å². The van der Waals surface area contributed by atoms with Crippen molar-refractivity contribution in [2.45, 2.75) is 91.3 Å². The van der Waals surface area contributed by atoms with Crippen molar-refractivity contribution < 1.29 is 24.3 Å². The van der Waals surface area contributed by atoms with E-state index >= 15 is 0 Å². The number of allylic oxidation sites excluding steroid dienone is 8. The van der Waals surface area contributed by atoms with E-state index in [1.807, 2.05) is 13.8 Å². The molecule has 0 aliphatic carbocycles. The third kappa shape index (κ3) is 10.9. The van der Waals surface area contributed by atoms with Crippen molar-refractivity contribution >= 4 is 28.2 Å². The van der Waals surface area contributed by atoms with Gasteiger partial charge in [-0.1, -0.05) is 120 Å². The Balaban J connectivity index is 1.40. The Bertz CT molecular complexity index is 1700. The number of nitrogens with one attached hydrogen (secondary N) is 1. The standard InChI is InChI=1S/C45H61N3O4/c1-8-31-46-38-25-19-18-24-37(38)44(4,5)30-20-14-12-11-13-15-26-40-45(6,7)42-36-23-17-16-22-35(36)28-29-39(42)48(40)33-34-52-43(49)47-32-21-27-41(50-9-2)51-10-3/h11-20,22-26,28-29,41,46H,8-10,21,27,30-34H2,1-7H3,(H,47,49)/p+1. The third-order valence-electron chi connectivity index (χ3n) is 9.70. The predicted molar refractivity (Wildman–Crippen MR) is 216 cm³/mol. The first-order valence-electron chi connectivity index (χ1n) is 19.2. The lowest BCUT2D eigenvalue weighted by atomic mass is 9.80. The highest BCUT2D eigenvalue weighted by molar-refractivity contribution is 5.94. The van der Waals surface area contributed by atoms with Gasteiger partial charge in [0.2, 0.25) is 0 Å². The highest BCUT2D eigenvalue weighted by Crippen LogP contribution is 2.50. The molecule has 7 heteroatoms. The van der Waals surface area contributed by atoms with Crippen molar-refractivity contribution in [3.8, 4) is 0 Å². The van der Waals surface area contributed by atoms with Crippen molar-refractivity contribution in [2.24, 2.45) is 0 Å². The first-order valence-corrected chi connectivity index (χ1v) is 19.2. The molecular formula is C45H62N3O4+. The van der Waals surface area contributed by atoms with Gasteiger partial charge in [0.15, 0.2) is 6.29 Å². The summed E-state index contributed by atoms with van der Waals surface area (Å²) in [5.41, 5.74) is 6.16. The summed E-state index contributed by atoms with van der Waals surface area (Å²) in [5, 5.41) is 7.71. The summed E-state index contributed by atoms with van der Waals surface area (Å²) in [6.07, 6.45) is 17.9. The first kappa shape index (κ1) is 40.6. The molecule has 3 aromatic carbocycles. The number of anilines is 1. The fourth-order valence-electron chi connectivity index (χ4n) is 7.08. The summed E-state index contributed by atoms with van der Waals surface area (Å²) in [7, 11) is 0. The number of nitrogens with two attached hydrogens (primary N) is 1. The number of para-hydroxylation sites is 1. The topological polar surface area (TPSA) is 76.6 Å². The summed E-state index contributed by atoms with van der Waals surface area (Å²) in [6.45, 7) is 18.9. The molecule has 0 aromatic heterocycles. The molecule has 1 aliphatic heterocycles. The number of carbonyl (C=O) groups is 1. The molecule has 4 rings (SSSR count). The van der Waals surface area contributed by atoms with Gasteiger partial charge in [-0.15, -0.1) is 0 Å². The maximum atomic E-state index is 12.6. The lowest BCUT2D eigenvalue weighted by Crippen LogP contribution is -2.78. The molecule has 3 N–H and O–H groups in total. The largest absolute Gasteiger partial charge is 0.448 e. The fraction of sp³-hybridized carbons (Fsp3) is 0.444. The van der Waals surface area contributed by atoms with Crippen LogP contribution in [-0.2, 0) is 25.0 Å². The molecule has 1 amide bonds.